The number of fused-ring (bicyclic) bond motifs is 1. The molecule has 2 amide bonds. The van der Waals surface area contributed by atoms with Crippen LogP contribution in [0.5, 0.6) is 0 Å². The van der Waals surface area contributed by atoms with Gasteiger partial charge in [-0.25, -0.2) is 4.98 Å². The van der Waals surface area contributed by atoms with E-state index in [2.05, 4.69) is 10.3 Å². The third-order valence-corrected chi connectivity index (χ3v) is 4.38. The maximum atomic E-state index is 11.6. The summed E-state index contributed by atoms with van der Waals surface area (Å²) in [5, 5.41) is 1.91. The van der Waals surface area contributed by atoms with Gasteiger partial charge in [0, 0.05) is 5.69 Å². The van der Waals surface area contributed by atoms with E-state index in [1.165, 1.54) is 0 Å². The maximum absolute atomic E-state index is 11.6. The molecule has 0 aliphatic carbocycles. The van der Waals surface area contributed by atoms with Crippen molar-refractivity contribution >= 4 is 40.0 Å². The monoisotopic (exact) mass is 321 g/mol. The highest BCUT2D eigenvalue weighted by atomic mass is 32.2. The number of imide groups is 1. The van der Waals surface area contributed by atoms with E-state index < -0.39 is 0 Å². The summed E-state index contributed by atoms with van der Waals surface area (Å²) in [5.74, 6) is -0.343. The molecule has 112 valence electrons. The van der Waals surface area contributed by atoms with Gasteiger partial charge in [0.25, 0.3) is 11.1 Å². The molecule has 4 rings (SSSR count). The zero-order valence-electron chi connectivity index (χ0n) is 11.9. The standard InChI is InChI=1S/C17H11N3O2S/c21-16-15(23-17(22)19-16)9-11-5-7-12(8-6-11)20-10-18-13-3-1-2-4-14(13)20/h1-10H,(H,19,21,22)/b15-9+. The van der Waals surface area contributed by atoms with Crippen molar-refractivity contribution in [3.63, 3.8) is 0 Å². The second kappa shape index (κ2) is 5.40. The molecule has 2 heterocycles. The van der Waals surface area contributed by atoms with Crippen LogP contribution in [0.25, 0.3) is 22.8 Å². The van der Waals surface area contributed by atoms with Gasteiger partial charge in [-0.1, -0.05) is 24.3 Å². The number of hydrogen-bond donors (Lipinski definition) is 1. The molecule has 0 saturated carbocycles. The number of rotatable bonds is 2. The average molecular weight is 321 g/mol. The van der Waals surface area contributed by atoms with Crippen LogP contribution in [0.4, 0.5) is 4.79 Å². The first-order chi connectivity index (χ1) is 11.2. The highest BCUT2D eigenvalue weighted by molar-refractivity contribution is 8.18. The molecule has 1 aliphatic rings. The Morgan fingerprint density at radius 2 is 1.83 bits per heavy atom. The van der Waals surface area contributed by atoms with Crippen LogP contribution in [0.3, 0.4) is 0 Å². The minimum absolute atomic E-state index is 0.331. The number of para-hydroxylation sites is 2. The summed E-state index contributed by atoms with van der Waals surface area (Å²) >= 11 is 0.919. The Labute approximate surface area is 136 Å². The lowest BCUT2D eigenvalue weighted by Gasteiger charge is -2.04. The summed E-state index contributed by atoms with van der Waals surface area (Å²) in [4.78, 5) is 27.5. The van der Waals surface area contributed by atoms with Gasteiger partial charge in [0.15, 0.2) is 0 Å². The van der Waals surface area contributed by atoms with E-state index in [4.69, 9.17) is 0 Å². The fraction of sp³-hybridized carbons (Fsp3) is 0. The number of nitrogens with one attached hydrogen (secondary N) is 1. The predicted octanol–water partition coefficient (Wildman–Crippen LogP) is 3.35. The number of carbonyl (C=O) groups is 2. The van der Waals surface area contributed by atoms with Crippen LogP contribution in [0.15, 0.2) is 59.8 Å². The molecule has 5 nitrogen and oxygen atoms in total. The third kappa shape index (κ3) is 2.53. The number of thioether (sulfide) groups is 1. The number of carbonyl (C=O) groups excluding carboxylic acids is 2. The van der Waals surface area contributed by atoms with Crippen LogP contribution < -0.4 is 5.32 Å². The van der Waals surface area contributed by atoms with Crippen molar-refractivity contribution < 1.29 is 9.59 Å². The number of hydrogen-bond acceptors (Lipinski definition) is 4. The molecule has 23 heavy (non-hydrogen) atoms. The van der Waals surface area contributed by atoms with Gasteiger partial charge < -0.3 is 0 Å². The van der Waals surface area contributed by atoms with E-state index in [1.54, 1.807) is 12.4 Å². The van der Waals surface area contributed by atoms with Crippen molar-refractivity contribution in [2.24, 2.45) is 0 Å². The SMILES string of the molecule is O=C1NC(=O)/C(=C\c2ccc(-n3cnc4ccccc43)cc2)S1. The smallest absolute Gasteiger partial charge is 0.290 e. The van der Waals surface area contributed by atoms with Crippen LogP contribution in [-0.4, -0.2) is 20.7 Å². The fourth-order valence-corrected chi connectivity index (χ4v) is 3.15. The molecule has 0 radical (unpaired) electrons. The Morgan fingerprint density at radius 1 is 1.04 bits per heavy atom. The number of aromatic nitrogens is 2. The molecule has 1 fully saturated rings. The molecule has 3 aromatic rings. The maximum Gasteiger partial charge on any atom is 0.290 e. The van der Waals surface area contributed by atoms with Gasteiger partial charge >= 0.3 is 0 Å². The highest BCUT2D eigenvalue weighted by Gasteiger charge is 2.24. The average Bonchev–Trinajstić information content (AvgIpc) is 3.12. The van der Waals surface area contributed by atoms with Crippen molar-refractivity contribution in [2.75, 3.05) is 0 Å². The van der Waals surface area contributed by atoms with E-state index in [0.717, 1.165) is 34.0 Å². The van der Waals surface area contributed by atoms with E-state index in [9.17, 15) is 9.59 Å². The first-order valence-electron chi connectivity index (χ1n) is 6.98. The lowest BCUT2D eigenvalue weighted by atomic mass is 10.2. The second-order valence-electron chi connectivity index (χ2n) is 5.05. The topological polar surface area (TPSA) is 64.0 Å². The Kier molecular flexibility index (Phi) is 3.24. The molecule has 0 atom stereocenters. The van der Waals surface area contributed by atoms with Gasteiger partial charge in [0.1, 0.15) is 6.33 Å². The van der Waals surface area contributed by atoms with Gasteiger partial charge in [0.2, 0.25) is 0 Å². The van der Waals surface area contributed by atoms with E-state index in [1.807, 2.05) is 53.1 Å². The van der Waals surface area contributed by atoms with E-state index >= 15 is 0 Å². The van der Waals surface area contributed by atoms with Gasteiger partial charge in [-0.15, -0.1) is 0 Å². The quantitative estimate of drug-likeness (QED) is 0.735. The Balaban J connectivity index is 1.67. The number of amides is 2. The summed E-state index contributed by atoms with van der Waals surface area (Å²) in [6.45, 7) is 0. The highest BCUT2D eigenvalue weighted by Crippen LogP contribution is 2.26. The van der Waals surface area contributed by atoms with Crippen molar-refractivity contribution in [3.05, 3.63) is 65.3 Å². The molecule has 6 heteroatoms. The van der Waals surface area contributed by atoms with Gasteiger partial charge in [-0.2, -0.15) is 0 Å². The Hall–Kier alpha value is -2.86. The molecular weight excluding hydrogens is 310 g/mol. The van der Waals surface area contributed by atoms with Crippen LogP contribution in [0.1, 0.15) is 5.56 Å². The Morgan fingerprint density at radius 3 is 2.57 bits per heavy atom. The second-order valence-corrected chi connectivity index (χ2v) is 6.06. The van der Waals surface area contributed by atoms with Crippen LogP contribution >= 0.6 is 11.8 Å². The van der Waals surface area contributed by atoms with Gasteiger partial charge in [0.05, 0.1) is 15.9 Å². The van der Waals surface area contributed by atoms with Crippen LogP contribution in [0.2, 0.25) is 0 Å². The largest absolute Gasteiger partial charge is 0.299 e. The molecule has 2 aromatic carbocycles. The lowest BCUT2D eigenvalue weighted by molar-refractivity contribution is -0.115. The van der Waals surface area contributed by atoms with Crippen molar-refractivity contribution in [2.45, 2.75) is 0 Å². The Bertz CT molecular complexity index is 957. The summed E-state index contributed by atoms with van der Waals surface area (Å²) in [6.07, 6.45) is 3.50. The minimum Gasteiger partial charge on any atom is -0.299 e. The molecule has 1 saturated heterocycles. The molecule has 1 aromatic heterocycles. The third-order valence-electron chi connectivity index (χ3n) is 3.56. The van der Waals surface area contributed by atoms with Crippen LogP contribution in [-0.2, 0) is 4.79 Å². The lowest BCUT2D eigenvalue weighted by Crippen LogP contribution is -2.17. The fourth-order valence-electron chi connectivity index (χ4n) is 2.47. The predicted molar refractivity (Wildman–Crippen MR) is 90.2 cm³/mol. The number of benzene rings is 2. The van der Waals surface area contributed by atoms with Crippen molar-refractivity contribution in [3.8, 4) is 5.69 Å². The summed E-state index contributed by atoms with van der Waals surface area (Å²) in [6, 6.07) is 15.7. The number of imidazole rings is 1. The molecule has 1 aliphatic heterocycles. The van der Waals surface area contributed by atoms with Gasteiger partial charge in [-0.05, 0) is 47.7 Å². The van der Waals surface area contributed by atoms with Crippen LogP contribution in [0, 0.1) is 0 Å². The normalized spacial score (nSPS) is 16.3. The minimum atomic E-state index is -0.343. The summed E-state index contributed by atoms with van der Waals surface area (Å²) in [5.41, 5.74) is 3.83. The molecule has 1 N–H and O–H groups in total. The molecule has 0 spiro atoms. The summed E-state index contributed by atoms with van der Waals surface area (Å²) < 4.78 is 2.01. The van der Waals surface area contributed by atoms with Crippen molar-refractivity contribution in [1.82, 2.24) is 14.9 Å². The molecule has 0 bridgehead atoms. The van der Waals surface area contributed by atoms with Crippen molar-refractivity contribution in [1.29, 1.82) is 0 Å². The zero-order chi connectivity index (χ0) is 15.8. The first kappa shape index (κ1) is 13.8. The van der Waals surface area contributed by atoms with Gasteiger partial charge in [-0.3, -0.25) is 19.5 Å². The first-order valence-corrected chi connectivity index (χ1v) is 7.80. The summed E-state index contributed by atoms with van der Waals surface area (Å²) in [7, 11) is 0. The van der Waals surface area contributed by atoms with E-state index in [-0.39, 0.29) is 11.1 Å². The number of nitrogens with zero attached hydrogens (tertiary/aromatic N) is 2. The zero-order valence-corrected chi connectivity index (χ0v) is 12.7. The molecular formula is C17H11N3O2S. The molecule has 0 unspecified atom stereocenters. The van der Waals surface area contributed by atoms with E-state index in [0.29, 0.717) is 4.91 Å².